The molecule has 1 unspecified atom stereocenters. The molecule has 0 saturated heterocycles. The van der Waals surface area contributed by atoms with E-state index in [1.54, 1.807) is 0 Å². The number of benzene rings is 3. The van der Waals surface area contributed by atoms with Gasteiger partial charge < -0.3 is 0 Å². The van der Waals surface area contributed by atoms with E-state index in [4.69, 9.17) is 11.8 Å². The minimum absolute atomic E-state index is 0.0561. The fraction of sp³-hybridized carbons (Fsp3) is 0.105. The fourth-order valence-electron chi connectivity index (χ4n) is 3.24. The standard InChI is InChI=1S/C19H14ClNO/c20-21-18(22)12-17(13-6-2-1-3-7-13)16-11-10-14-8-4-5-9-15(14)19(16)21/h1-11,17H,12H2. The van der Waals surface area contributed by atoms with Crippen LogP contribution in [0.4, 0.5) is 5.69 Å². The van der Waals surface area contributed by atoms with Gasteiger partial charge in [-0.25, -0.2) is 4.42 Å². The summed E-state index contributed by atoms with van der Waals surface area (Å²) in [5, 5.41) is 2.11. The molecule has 3 aromatic carbocycles. The number of carbonyl (C=O) groups is 1. The number of amides is 1. The largest absolute Gasteiger partial charge is 0.273 e. The first-order chi connectivity index (χ1) is 10.8. The van der Waals surface area contributed by atoms with E-state index in [9.17, 15) is 4.79 Å². The van der Waals surface area contributed by atoms with Crippen LogP contribution in [0.3, 0.4) is 0 Å². The van der Waals surface area contributed by atoms with Gasteiger partial charge in [-0.3, -0.25) is 4.79 Å². The van der Waals surface area contributed by atoms with Crippen LogP contribution in [0, 0.1) is 0 Å². The van der Waals surface area contributed by atoms with Crippen molar-refractivity contribution in [3.63, 3.8) is 0 Å². The Morgan fingerprint density at radius 3 is 2.45 bits per heavy atom. The Balaban J connectivity index is 1.99. The lowest BCUT2D eigenvalue weighted by atomic mass is 9.83. The van der Waals surface area contributed by atoms with Crippen LogP contribution in [-0.4, -0.2) is 5.91 Å². The number of rotatable bonds is 1. The second-order valence-electron chi connectivity index (χ2n) is 5.57. The zero-order valence-electron chi connectivity index (χ0n) is 11.9. The van der Waals surface area contributed by atoms with E-state index in [1.165, 1.54) is 4.42 Å². The Hall–Kier alpha value is -2.32. The lowest BCUT2D eigenvalue weighted by molar-refractivity contribution is -0.118. The molecule has 3 aromatic rings. The van der Waals surface area contributed by atoms with Gasteiger partial charge in [-0.1, -0.05) is 66.7 Å². The summed E-state index contributed by atoms with van der Waals surface area (Å²) in [7, 11) is 0. The minimum atomic E-state index is -0.0561. The third kappa shape index (κ3) is 1.99. The molecule has 108 valence electrons. The van der Waals surface area contributed by atoms with Crippen molar-refractivity contribution >= 4 is 34.1 Å². The molecule has 1 aliphatic heterocycles. The fourth-order valence-corrected chi connectivity index (χ4v) is 3.50. The Morgan fingerprint density at radius 2 is 1.64 bits per heavy atom. The molecule has 0 bridgehead atoms. The maximum Gasteiger partial charge on any atom is 0.242 e. The normalized spacial score (nSPS) is 17.6. The maximum absolute atomic E-state index is 12.4. The molecule has 0 fully saturated rings. The summed E-state index contributed by atoms with van der Waals surface area (Å²) in [5.41, 5.74) is 3.08. The van der Waals surface area contributed by atoms with Gasteiger partial charge in [0.15, 0.2) is 0 Å². The number of halogens is 1. The van der Waals surface area contributed by atoms with E-state index in [2.05, 4.69) is 24.3 Å². The number of nitrogens with zero attached hydrogens (tertiary/aromatic N) is 1. The molecule has 0 spiro atoms. The van der Waals surface area contributed by atoms with Gasteiger partial charge >= 0.3 is 0 Å². The van der Waals surface area contributed by atoms with E-state index in [0.29, 0.717) is 6.42 Å². The van der Waals surface area contributed by atoms with Crippen molar-refractivity contribution in [1.82, 2.24) is 0 Å². The second kappa shape index (κ2) is 5.15. The van der Waals surface area contributed by atoms with Gasteiger partial charge in [0.2, 0.25) is 5.91 Å². The van der Waals surface area contributed by atoms with E-state index in [0.717, 1.165) is 27.6 Å². The summed E-state index contributed by atoms with van der Waals surface area (Å²) >= 11 is 6.31. The van der Waals surface area contributed by atoms with Crippen molar-refractivity contribution in [2.45, 2.75) is 12.3 Å². The zero-order valence-corrected chi connectivity index (χ0v) is 12.6. The number of hydrogen-bond acceptors (Lipinski definition) is 1. The van der Waals surface area contributed by atoms with Crippen LogP contribution in [0.15, 0.2) is 66.7 Å². The molecule has 0 aliphatic carbocycles. The zero-order chi connectivity index (χ0) is 15.1. The number of hydrogen-bond donors (Lipinski definition) is 0. The molecule has 0 saturated carbocycles. The van der Waals surface area contributed by atoms with Gasteiger partial charge in [-0.05, 0) is 16.5 Å². The molecule has 22 heavy (non-hydrogen) atoms. The van der Waals surface area contributed by atoms with Gasteiger partial charge in [0, 0.05) is 29.5 Å². The lowest BCUT2D eigenvalue weighted by Gasteiger charge is -2.31. The van der Waals surface area contributed by atoms with Crippen molar-refractivity contribution in [3.05, 3.63) is 77.9 Å². The molecule has 4 rings (SSSR count). The van der Waals surface area contributed by atoms with E-state index in [1.807, 2.05) is 42.5 Å². The first-order valence-corrected chi connectivity index (χ1v) is 7.65. The molecule has 0 aromatic heterocycles. The molecule has 1 heterocycles. The van der Waals surface area contributed by atoms with Crippen LogP contribution >= 0.6 is 11.8 Å². The summed E-state index contributed by atoms with van der Waals surface area (Å²) in [6.45, 7) is 0. The molecule has 1 amide bonds. The molecule has 3 heteroatoms. The molecule has 1 aliphatic rings. The Bertz CT molecular complexity index is 860. The van der Waals surface area contributed by atoms with Gasteiger partial charge in [-0.15, -0.1) is 0 Å². The van der Waals surface area contributed by atoms with Crippen LogP contribution in [0.5, 0.6) is 0 Å². The molecular weight excluding hydrogens is 294 g/mol. The van der Waals surface area contributed by atoms with Crippen molar-refractivity contribution in [1.29, 1.82) is 0 Å². The first-order valence-electron chi connectivity index (χ1n) is 7.31. The minimum Gasteiger partial charge on any atom is -0.273 e. The molecule has 0 N–H and O–H groups in total. The predicted molar refractivity (Wildman–Crippen MR) is 90.2 cm³/mol. The summed E-state index contributed by atoms with van der Waals surface area (Å²) < 4.78 is 1.29. The van der Waals surface area contributed by atoms with Gasteiger partial charge in [0.25, 0.3) is 0 Å². The maximum atomic E-state index is 12.4. The van der Waals surface area contributed by atoms with Crippen LogP contribution in [0.2, 0.25) is 0 Å². The monoisotopic (exact) mass is 307 g/mol. The first kappa shape index (κ1) is 13.4. The highest BCUT2D eigenvalue weighted by molar-refractivity contribution is 6.39. The van der Waals surface area contributed by atoms with Gasteiger partial charge in [0.05, 0.1) is 5.69 Å². The van der Waals surface area contributed by atoms with E-state index in [-0.39, 0.29) is 11.8 Å². The summed E-state index contributed by atoms with van der Waals surface area (Å²) in [4.78, 5) is 12.4. The average Bonchev–Trinajstić information content (AvgIpc) is 2.58. The van der Waals surface area contributed by atoms with E-state index >= 15 is 0 Å². The van der Waals surface area contributed by atoms with Crippen LogP contribution in [-0.2, 0) is 4.79 Å². The summed E-state index contributed by atoms with van der Waals surface area (Å²) in [5.74, 6) is 0.00248. The second-order valence-corrected chi connectivity index (χ2v) is 5.90. The molecular formula is C19H14ClNO. The predicted octanol–water partition coefficient (Wildman–Crippen LogP) is 4.86. The van der Waals surface area contributed by atoms with E-state index < -0.39 is 0 Å². The topological polar surface area (TPSA) is 20.3 Å². The number of carbonyl (C=O) groups excluding carboxylic acids is 1. The van der Waals surface area contributed by atoms with Crippen molar-refractivity contribution in [2.24, 2.45) is 0 Å². The third-order valence-corrected chi connectivity index (χ3v) is 4.66. The summed E-state index contributed by atoms with van der Waals surface area (Å²) in [6, 6.07) is 22.4. The SMILES string of the molecule is O=C1CC(c2ccccc2)c2ccc3ccccc3c2N1Cl. The molecule has 0 radical (unpaired) electrons. The van der Waals surface area contributed by atoms with Gasteiger partial charge in [0.1, 0.15) is 0 Å². The highest BCUT2D eigenvalue weighted by Gasteiger charge is 2.32. The summed E-state index contributed by atoms with van der Waals surface area (Å²) in [6.07, 6.45) is 0.402. The van der Waals surface area contributed by atoms with Gasteiger partial charge in [-0.2, -0.15) is 0 Å². The molecule has 2 nitrogen and oxygen atoms in total. The highest BCUT2D eigenvalue weighted by Crippen LogP contribution is 2.44. The third-order valence-electron chi connectivity index (χ3n) is 4.30. The quantitative estimate of drug-likeness (QED) is 0.588. The Kier molecular flexibility index (Phi) is 3.12. The number of fused-ring (bicyclic) bond motifs is 3. The van der Waals surface area contributed by atoms with Crippen molar-refractivity contribution in [3.8, 4) is 0 Å². The lowest BCUT2D eigenvalue weighted by Crippen LogP contribution is -2.29. The van der Waals surface area contributed by atoms with Crippen LogP contribution in [0.25, 0.3) is 10.8 Å². The van der Waals surface area contributed by atoms with Crippen molar-refractivity contribution < 1.29 is 4.79 Å². The average molecular weight is 308 g/mol. The van der Waals surface area contributed by atoms with Crippen molar-refractivity contribution in [2.75, 3.05) is 4.42 Å². The number of anilines is 1. The highest BCUT2D eigenvalue weighted by atomic mass is 35.5. The van der Waals surface area contributed by atoms with Crippen LogP contribution in [0.1, 0.15) is 23.5 Å². The smallest absolute Gasteiger partial charge is 0.242 e. The molecule has 1 atom stereocenters. The van der Waals surface area contributed by atoms with Crippen LogP contribution < -0.4 is 4.42 Å². The Morgan fingerprint density at radius 1 is 0.909 bits per heavy atom. The Labute approximate surface area is 134 Å².